The van der Waals surface area contributed by atoms with Gasteiger partial charge in [0, 0.05) is 31.7 Å². The van der Waals surface area contributed by atoms with Crippen molar-refractivity contribution in [1.82, 2.24) is 9.80 Å². The van der Waals surface area contributed by atoms with Crippen LogP contribution in [0.25, 0.3) is 0 Å². The molecule has 0 spiro atoms. The first-order valence-electron chi connectivity index (χ1n) is 8.15. The molecule has 6 heteroatoms. The molecule has 0 bridgehead atoms. The van der Waals surface area contributed by atoms with Crippen molar-refractivity contribution in [2.45, 2.75) is 6.42 Å². The number of carbonyl (C=O) groups excluding carboxylic acids is 2. The third kappa shape index (κ3) is 3.99. The second kappa shape index (κ2) is 7.66. The molecule has 0 N–H and O–H groups in total. The van der Waals surface area contributed by atoms with Crippen molar-refractivity contribution < 1.29 is 14.0 Å². The molecule has 0 saturated carbocycles. The van der Waals surface area contributed by atoms with Crippen LogP contribution in [0, 0.1) is 5.82 Å². The average molecular weight is 361 g/mol. The van der Waals surface area contributed by atoms with Crippen LogP contribution in [0.2, 0.25) is 5.02 Å². The van der Waals surface area contributed by atoms with Crippen LogP contribution < -0.4 is 0 Å². The number of nitrogens with zero attached hydrogens (tertiary/aromatic N) is 2. The number of carbonyl (C=O) groups is 2. The quantitative estimate of drug-likeness (QED) is 0.822. The Kier molecular flexibility index (Phi) is 5.34. The third-order valence-electron chi connectivity index (χ3n) is 4.27. The monoisotopic (exact) mass is 360 g/mol. The number of hydrogen-bond donors (Lipinski definition) is 0. The van der Waals surface area contributed by atoms with Gasteiger partial charge in [-0.3, -0.25) is 9.59 Å². The predicted molar refractivity (Wildman–Crippen MR) is 94.3 cm³/mol. The molecule has 1 aliphatic heterocycles. The van der Waals surface area contributed by atoms with Crippen LogP contribution in [0.15, 0.2) is 48.5 Å². The van der Waals surface area contributed by atoms with E-state index in [2.05, 4.69) is 0 Å². The van der Waals surface area contributed by atoms with Crippen molar-refractivity contribution in [3.05, 3.63) is 70.5 Å². The third-order valence-corrected chi connectivity index (χ3v) is 4.60. The van der Waals surface area contributed by atoms with Crippen LogP contribution in [-0.2, 0) is 0 Å². The van der Waals surface area contributed by atoms with Crippen molar-refractivity contribution in [3.63, 3.8) is 0 Å². The predicted octanol–water partition coefficient (Wildman–Crippen LogP) is 3.47. The molecular formula is C19H18ClFN2O2. The minimum atomic E-state index is -0.371. The molecule has 4 nitrogen and oxygen atoms in total. The van der Waals surface area contributed by atoms with E-state index in [1.807, 2.05) is 0 Å². The van der Waals surface area contributed by atoms with Gasteiger partial charge in [0.05, 0.1) is 10.6 Å². The maximum atomic E-state index is 13.0. The van der Waals surface area contributed by atoms with Crippen LogP contribution in [0.1, 0.15) is 27.1 Å². The number of amides is 2. The fraction of sp³-hybridized carbons (Fsp3) is 0.263. The van der Waals surface area contributed by atoms with E-state index in [0.717, 1.165) is 0 Å². The smallest absolute Gasteiger partial charge is 0.255 e. The summed E-state index contributed by atoms with van der Waals surface area (Å²) >= 11 is 6.11. The summed E-state index contributed by atoms with van der Waals surface area (Å²) in [5.74, 6) is -0.641. The van der Waals surface area contributed by atoms with Gasteiger partial charge in [-0.15, -0.1) is 0 Å². The number of benzene rings is 2. The summed E-state index contributed by atoms with van der Waals surface area (Å²) < 4.78 is 13.0. The first-order valence-corrected chi connectivity index (χ1v) is 8.53. The standard InChI is InChI=1S/C19H18ClFN2O2/c20-17-5-2-1-4-16(17)19(25)23-11-3-10-22(12-13-23)18(24)14-6-8-15(21)9-7-14/h1-2,4-9H,3,10-13H2. The Morgan fingerprint density at radius 3 is 2.08 bits per heavy atom. The Bertz CT molecular complexity index is 779. The summed E-state index contributed by atoms with van der Waals surface area (Å²) in [5, 5.41) is 0.427. The number of hydrogen-bond acceptors (Lipinski definition) is 2. The van der Waals surface area contributed by atoms with E-state index in [4.69, 9.17) is 11.6 Å². The maximum Gasteiger partial charge on any atom is 0.255 e. The number of rotatable bonds is 2. The van der Waals surface area contributed by atoms with Gasteiger partial charge in [-0.25, -0.2) is 4.39 Å². The Hall–Kier alpha value is -2.40. The Balaban J connectivity index is 1.68. The molecule has 1 saturated heterocycles. The highest BCUT2D eigenvalue weighted by atomic mass is 35.5. The van der Waals surface area contributed by atoms with Gasteiger partial charge in [0.1, 0.15) is 5.82 Å². The van der Waals surface area contributed by atoms with Gasteiger partial charge in [0.25, 0.3) is 11.8 Å². The second-order valence-corrected chi connectivity index (χ2v) is 6.33. The van der Waals surface area contributed by atoms with E-state index >= 15 is 0 Å². The molecule has 3 rings (SSSR count). The van der Waals surface area contributed by atoms with Crippen LogP contribution in [0.5, 0.6) is 0 Å². The molecule has 2 aromatic carbocycles. The molecule has 0 atom stereocenters. The largest absolute Gasteiger partial charge is 0.337 e. The summed E-state index contributed by atoms with van der Waals surface area (Å²) in [6, 6.07) is 12.5. The van der Waals surface area contributed by atoms with Crippen molar-refractivity contribution in [3.8, 4) is 0 Å². The summed E-state index contributed by atoms with van der Waals surface area (Å²) in [4.78, 5) is 28.6. The molecule has 0 aliphatic carbocycles. The van der Waals surface area contributed by atoms with E-state index in [0.29, 0.717) is 48.7 Å². The summed E-state index contributed by atoms with van der Waals surface area (Å²) in [6.07, 6.45) is 0.684. The van der Waals surface area contributed by atoms with Gasteiger partial charge in [-0.2, -0.15) is 0 Å². The van der Waals surface area contributed by atoms with Gasteiger partial charge in [0.2, 0.25) is 0 Å². The lowest BCUT2D eigenvalue weighted by molar-refractivity contribution is 0.0719. The molecule has 2 aromatic rings. The van der Waals surface area contributed by atoms with Gasteiger partial charge < -0.3 is 9.80 Å². The highest BCUT2D eigenvalue weighted by molar-refractivity contribution is 6.33. The van der Waals surface area contributed by atoms with Gasteiger partial charge >= 0.3 is 0 Å². The van der Waals surface area contributed by atoms with E-state index < -0.39 is 0 Å². The van der Waals surface area contributed by atoms with Crippen LogP contribution in [0.3, 0.4) is 0 Å². The minimum Gasteiger partial charge on any atom is -0.337 e. The summed E-state index contributed by atoms with van der Waals surface area (Å²) in [6.45, 7) is 2.00. The normalized spacial score (nSPS) is 15.0. The van der Waals surface area contributed by atoms with Crippen molar-refractivity contribution in [1.29, 1.82) is 0 Å². The van der Waals surface area contributed by atoms with E-state index in [9.17, 15) is 14.0 Å². The fourth-order valence-corrected chi connectivity index (χ4v) is 3.12. The molecule has 0 radical (unpaired) electrons. The first kappa shape index (κ1) is 17.4. The SMILES string of the molecule is O=C(c1ccc(F)cc1)N1CCCN(C(=O)c2ccccc2Cl)CC1. The molecule has 1 aliphatic rings. The van der Waals surface area contributed by atoms with E-state index in [1.165, 1.54) is 24.3 Å². The molecule has 2 amide bonds. The Labute approximate surface area is 150 Å². The first-order chi connectivity index (χ1) is 12.1. The van der Waals surface area contributed by atoms with E-state index in [1.54, 1.807) is 34.1 Å². The zero-order chi connectivity index (χ0) is 17.8. The number of halogens is 2. The average Bonchev–Trinajstić information content (AvgIpc) is 2.88. The van der Waals surface area contributed by atoms with Crippen LogP contribution in [-0.4, -0.2) is 47.8 Å². The van der Waals surface area contributed by atoms with Gasteiger partial charge in [0.15, 0.2) is 0 Å². The zero-order valence-corrected chi connectivity index (χ0v) is 14.4. The molecular weight excluding hydrogens is 343 g/mol. The zero-order valence-electron chi connectivity index (χ0n) is 13.6. The second-order valence-electron chi connectivity index (χ2n) is 5.92. The van der Waals surface area contributed by atoms with Crippen molar-refractivity contribution >= 4 is 23.4 Å². The maximum absolute atomic E-state index is 13.0. The lowest BCUT2D eigenvalue weighted by Gasteiger charge is -2.22. The lowest BCUT2D eigenvalue weighted by Crippen LogP contribution is -2.37. The molecule has 1 fully saturated rings. The minimum absolute atomic E-state index is 0.123. The van der Waals surface area contributed by atoms with Crippen LogP contribution in [0.4, 0.5) is 4.39 Å². The Morgan fingerprint density at radius 2 is 1.44 bits per heavy atom. The molecule has 0 aromatic heterocycles. The topological polar surface area (TPSA) is 40.6 Å². The fourth-order valence-electron chi connectivity index (χ4n) is 2.90. The van der Waals surface area contributed by atoms with Crippen molar-refractivity contribution in [2.24, 2.45) is 0 Å². The summed E-state index contributed by atoms with van der Waals surface area (Å²) in [7, 11) is 0. The Morgan fingerprint density at radius 1 is 0.840 bits per heavy atom. The highest BCUT2D eigenvalue weighted by Crippen LogP contribution is 2.18. The molecule has 1 heterocycles. The van der Waals surface area contributed by atoms with Crippen LogP contribution >= 0.6 is 11.6 Å². The van der Waals surface area contributed by atoms with Crippen molar-refractivity contribution in [2.75, 3.05) is 26.2 Å². The molecule has 130 valence electrons. The highest BCUT2D eigenvalue weighted by Gasteiger charge is 2.24. The molecule has 0 unspecified atom stereocenters. The summed E-state index contributed by atoms with van der Waals surface area (Å²) in [5.41, 5.74) is 0.926. The van der Waals surface area contributed by atoms with Gasteiger partial charge in [-0.05, 0) is 42.8 Å². The molecule has 25 heavy (non-hydrogen) atoms. The van der Waals surface area contributed by atoms with Gasteiger partial charge in [-0.1, -0.05) is 23.7 Å². The van der Waals surface area contributed by atoms with E-state index in [-0.39, 0.29) is 17.6 Å². The lowest BCUT2D eigenvalue weighted by atomic mass is 10.2.